The number of benzene rings is 2. The molecule has 5 heteroatoms. The van der Waals surface area contributed by atoms with Crippen LogP contribution in [0.2, 0.25) is 0 Å². The number of aromatic hydroxyl groups is 2. The Bertz CT molecular complexity index is 1380. The van der Waals surface area contributed by atoms with Crippen LogP contribution in [0.4, 0.5) is 0 Å². The van der Waals surface area contributed by atoms with Gasteiger partial charge in [-0.25, -0.2) is 0 Å². The Morgan fingerprint density at radius 2 is 0.872 bits per heavy atom. The van der Waals surface area contributed by atoms with Crippen molar-refractivity contribution >= 4 is 15.9 Å². The van der Waals surface area contributed by atoms with Gasteiger partial charge in [-0.1, -0.05) is 0 Å². The molecule has 2 unspecified atom stereocenters. The normalized spacial score (nSPS) is 26.6. The van der Waals surface area contributed by atoms with Crippen LogP contribution in [0, 0.1) is 0 Å². The molecule has 3 aliphatic carbocycles. The summed E-state index contributed by atoms with van der Waals surface area (Å²) in [6.45, 7) is 14.1. The Labute approximate surface area is 297 Å². The Morgan fingerprint density at radius 1 is 0.532 bits per heavy atom. The van der Waals surface area contributed by atoms with Gasteiger partial charge in [-0.3, -0.25) is 0 Å². The molecule has 1 heterocycles. The summed E-state index contributed by atoms with van der Waals surface area (Å²) in [6, 6.07) is 9.62. The average molecular weight is 713 g/mol. The molecular weight excluding hydrogens is 648 g/mol. The predicted octanol–water partition coefficient (Wildman–Crippen LogP) is 13.0. The minimum atomic E-state index is -0.219. The SMILES string of the molecule is CC(C)(C)c1cc(C[S]2=[Ti]=[S](Cc3cc(C(C)(C)C)cc(C4CCCCC4)c3O)[C@H]3CCCCCC[C@@H]32)c(O)c(C2CCCCC2)c1. The number of hydrogen-bond acceptors (Lipinski definition) is 2. The molecule has 6 rings (SSSR count). The van der Waals surface area contributed by atoms with Crippen molar-refractivity contribution in [2.45, 2.75) is 189 Å². The van der Waals surface area contributed by atoms with Crippen molar-refractivity contribution in [2.24, 2.45) is 0 Å². The van der Waals surface area contributed by atoms with E-state index in [2.05, 4.69) is 65.8 Å². The molecule has 0 spiro atoms. The van der Waals surface area contributed by atoms with Crippen molar-refractivity contribution in [1.82, 2.24) is 0 Å². The zero-order chi connectivity index (χ0) is 33.3. The van der Waals surface area contributed by atoms with Crippen LogP contribution >= 0.6 is 15.9 Å². The van der Waals surface area contributed by atoms with Gasteiger partial charge < -0.3 is 0 Å². The van der Waals surface area contributed by atoms with Crippen molar-refractivity contribution in [3.8, 4) is 11.5 Å². The van der Waals surface area contributed by atoms with Crippen LogP contribution in [-0.2, 0) is 37.8 Å². The van der Waals surface area contributed by atoms with Gasteiger partial charge >= 0.3 is 300 Å². The number of rotatable bonds is 6. The monoisotopic (exact) mass is 712 g/mol. The Balaban J connectivity index is 1.41. The second kappa shape index (κ2) is 15.4. The van der Waals surface area contributed by atoms with Gasteiger partial charge in [-0.15, -0.1) is 0 Å². The standard InChI is InChI=1S/C42H64O2S2.Ti/c1-41(2,3)33-23-31(39(43)35(25-33)29-17-11-9-12-18-29)27-45-37-21-15-7-8-16-22-38(37)46-28-32-24-34(42(4,5)6)26-36(40(32)44)30-19-13-10-14-20-30;/h23-26,29-30,37-38,43-44H,7-22,27-28H2,1-6H3;/t37-,38-;/m0./s1. The number of phenolic OH excluding ortho intramolecular Hbond substituents is 2. The van der Waals surface area contributed by atoms with E-state index in [1.54, 1.807) is 0 Å². The van der Waals surface area contributed by atoms with Crippen LogP contribution in [-0.4, -0.2) is 20.7 Å². The van der Waals surface area contributed by atoms with Gasteiger partial charge in [0.15, 0.2) is 0 Å². The fourth-order valence-corrected chi connectivity index (χ4v) is 29.7. The quantitative estimate of drug-likeness (QED) is 0.293. The van der Waals surface area contributed by atoms with Gasteiger partial charge in [0, 0.05) is 0 Å². The van der Waals surface area contributed by atoms with Crippen molar-refractivity contribution in [2.75, 3.05) is 0 Å². The summed E-state index contributed by atoms with van der Waals surface area (Å²) >= 11 is -0.219. The molecule has 0 saturated heterocycles. The van der Waals surface area contributed by atoms with Gasteiger partial charge in [0.25, 0.3) is 0 Å². The average Bonchev–Trinajstić information content (AvgIpc) is 3.32. The van der Waals surface area contributed by atoms with E-state index in [-0.39, 0.29) is 26.3 Å². The zero-order valence-electron chi connectivity index (χ0n) is 30.6. The maximum absolute atomic E-state index is 12.0. The van der Waals surface area contributed by atoms with Crippen LogP contribution in [0.25, 0.3) is 0 Å². The van der Waals surface area contributed by atoms with Crippen LogP contribution in [0.3, 0.4) is 0 Å². The molecule has 2 nitrogen and oxygen atoms in total. The first-order valence-corrected chi connectivity index (χ1v) is 26.0. The summed E-state index contributed by atoms with van der Waals surface area (Å²) in [5, 5.41) is 25.6. The van der Waals surface area contributed by atoms with Gasteiger partial charge in [0.2, 0.25) is 0 Å². The molecule has 1 aliphatic heterocycles. The summed E-state index contributed by atoms with van der Waals surface area (Å²) in [7, 11) is 0.762. The van der Waals surface area contributed by atoms with Crippen molar-refractivity contribution in [1.29, 1.82) is 0 Å². The molecule has 47 heavy (non-hydrogen) atoms. The topological polar surface area (TPSA) is 40.5 Å². The Morgan fingerprint density at radius 3 is 1.23 bits per heavy atom. The molecule has 2 N–H and O–H groups in total. The molecule has 3 fully saturated rings. The number of fused-ring (bicyclic) bond motifs is 1. The van der Waals surface area contributed by atoms with E-state index in [9.17, 15) is 10.2 Å². The molecule has 0 radical (unpaired) electrons. The molecule has 260 valence electrons. The fraction of sp³-hybridized carbons (Fsp3) is 0.714. The second-order valence-corrected chi connectivity index (χ2v) is 29.0. The fourth-order valence-electron chi connectivity index (χ4n) is 8.91. The third kappa shape index (κ3) is 8.51. The first-order valence-electron chi connectivity index (χ1n) is 19.3. The molecular formula is C42H64O2S2Ti. The van der Waals surface area contributed by atoms with E-state index >= 15 is 0 Å². The van der Waals surface area contributed by atoms with Gasteiger partial charge in [-0.2, -0.15) is 0 Å². The van der Waals surface area contributed by atoms with Crippen LogP contribution in [0.5, 0.6) is 11.5 Å². The molecule has 2 aromatic rings. The predicted molar refractivity (Wildman–Crippen MR) is 203 cm³/mol. The first-order chi connectivity index (χ1) is 22.4. The van der Waals surface area contributed by atoms with Gasteiger partial charge in [0.1, 0.15) is 0 Å². The minimum absolute atomic E-state index is 0.0830. The van der Waals surface area contributed by atoms with Crippen molar-refractivity contribution in [3.63, 3.8) is 0 Å². The van der Waals surface area contributed by atoms with Crippen LogP contribution in [0.1, 0.15) is 189 Å². The Kier molecular flexibility index (Phi) is 11.9. The van der Waals surface area contributed by atoms with Crippen LogP contribution in [0.15, 0.2) is 24.3 Å². The number of phenols is 2. The van der Waals surface area contributed by atoms with E-state index in [4.69, 9.17) is 0 Å². The van der Waals surface area contributed by atoms with Gasteiger partial charge in [-0.05, 0) is 0 Å². The summed E-state index contributed by atoms with van der Waals surface area (Å²) in [6.07, 6.45) is 21.1. The van der Waals surface area contributed by atoms with E-state index in [0.29, 0.717) is 39.3 Å². The summed E-state index contributed by atoms with van der Waals surface area (Å²) in [5.74, 6) is 4.56. The maximum atomic E-state index is 12.0. The summed E-state index contributed by atoms with van der Waals surface area (Å²) in [4.78, 5) is 0. The van der Waals surface area contributed by atoms with Crippen LogP contribution < -0.4 is 0 Å². The van der Waals surface area contributed by atoms with E-state index in [1.165, 1.54) is 136 Å². The molecule has 3 saturated carbocycles. The molecule has 4 atom stereocenters. The molecule has 0 aromatic heterocycles. The first kappa shape index (κ1) is 36.3. The van der Waals surface area contributed by atoms with Gasteiger partial charge in [0.05, 0.1) is 0 Å². The van der Waals surface area contributed by atoms with Crippen molar-refractivity contribution < 1.29 is 25.7 Å². The third-order valence-corrected chi connectivity index (χ3v) is 27.9. The summed E-state index contributed by atoms with van der Waals surface area (Å²) in [5.41, 5.74) is 8.08. The summed E-state index contributed by atoms with van der Waals surface area (Å²) < 4.78 is 0. The molecule has 0 bridgehead atoms. The van der Waals surface area contributed by atoms with E-state index in [0.717, 1.165) is 22.0 Å². The molecule has 4 aliphatic rings. The van der Waals surface area contributed by atoms with Crippen molar-refractivity contribution in [3.05, 3.63) is 57.6 Å². The van der Waals surface area contributed by atoms with E-state index < -0.39 is 0 Å². The molecule has 2 aromatic carbocycles. The zero-order valence-corrected chi connectivity index (χ0v) is 33.8. The Hall–Kier alpha value is -0.546. The second-order valence-electron chi connectivity index (χ2n) is 17.6. The third-order valence-electron chi connectivity index (χ3n) is 12.0. The van der Waals surface area contributed by atoms with E-state index in [1.807, 2.05) is 0 Å². The molecule has 0 amide bonds. The number of hydrogen-bond donors (Lipinski definition) is 2.